The molecule has 20 heavy (non-hydrogen) atoms. The molecule has 1 rings (SSSR count). The van der Waals surface area contributed by atoms with Gasteiger partial charge in [0.05, 0.1) is 22.8 Å². The predicted octanol–water partition coefficient (Wildman–Crippen LogP) is 2.34. The molecule has 0 spiro atoms. The van der Waals surface area contributed by atoms with Gasteiger partial charge in [0.15, 0.2) is 0 Å². The van der Waals surface area contributed by atoms with Crippen LogP contribution < -0.4 is 4.90 Å². The van der Waals surface area contributed by atoms with Gasteiger partial charge in [-0.2, -0.15) is 0 Å². The number of rotatable bonds is 6. The molecular formula is C14H19ClN2O3. The Bertz CT molecular complexity index is 503. The molecule has 0 saturated carbocycles. The minimum absolute atomic E-state index is 0.102. The lowest BCUT2D eigenvalue weighted by molar-refractivity contribution is -0.127. The topological polar surface area (TPSA) is 60.9 Å². The number of carboxylic acid groups (broad SMARTS) is 1. The van der Waals surface area contributed by atoms with Gasteiger partial charge in [0.1, 0.15) is 0 Å². The molecule has 0 bridgehead atoms. The molecule has 1 aromatic rings. The van der Waals surface area contributed by atoms with Gasteiger partial charge in [0, 0.05) is 20.6 Å². The number of hydrogen-bond acceptors (Lipinski definition) is 3. The standard InChI is InChI=1S/C14H19ClN2O3/c1-4-8-17(9-12(18)16(2)3)13-10(14(19)20)6-5-7-11(13)15/h5-7H,4,8-9H2,1-3H3,(H,19,20). The second-order valence-corrected chi connectivity index (χ2v) is 5.06. The molecule has 0 radical (unpaired) electrons. The molecule has 1 N–H and O–H groups in total. The summed E-state index contributed by atoms with van der Waals surface area (Å²) in [7, 11) is 3.33. The molecule has 0 fully saturated rings. The van der Waals surface area contributed by atoms with Gasteiger partial charge in [0.2, 0.25) is 5.91 Å². The van der Waals surface area contributed by atoms with Crippen molar-refractivity contribution in [3.05, 3.63) is 28.8 Å². The zero-order valence-electron chi connectivity index (χ0n) is 11.9. The predicted molar refractivity (Wildman–Crippen MR) is 79.6 cm³/mol. The molecule has 0 heterocycles. The minimum Gasteiger partial charge on any atom is -0.478 e. The third-order valence-electron chi connectivity index (χ3n) is 2.85. The third-order valence-corrected chi connectivity index (χ3v) is 3.16. The van der Waals surface area contributed by atoms with Crippen LogP contribution in [0.3, 0.4) is 0 Å². The number of aromatic carboxylic acids is 1. The Labute approximate surface area is 123 Å². The normalized spacial score (nSPS) is 10.2. The first-order chi connectivity index (χ1) is 9.38. The lowest BCUT2D eigenvalue weighted by Crippen LogP contribution is -2.38. The fraction of sp³-hybridized carbons (Fsp3) is 0.429. The molecular weight excluding hydrogens is 280 g/mol. The first-order valence-electron chi connectivity index (χ1n) is 6.35. The van der Waals surface area contributed by atoms with Crippen molar-refractivity contribution in [2.75, 3.05) is 32.1 Å². The Morgan fingerprint density at radius 2 is 1.95 bits per heavy atom. The van der Waals surface area contributed by atoms with Gasteiger partial charge < -0.3 is 14.9 Å². The minimum atomic E-state index is -1.05. The van der Waals surface area contributed by atoms with Crippen molar-refractivity contribution in [3.8, 4) is 0 Å². The Hall–Kier alpha value is -1.75. The van der Waals surface area contributed by atoms with E-state index in [1.54, 1.807) is 31.1 Å². The molecule has 0 aromatic heterocycles. The van der Waals surface area contributed by atoms with E-state index in [0.717, 1.165) is 6.42 Å². The number of hydrogen-bond donors (Lipinski definition) is 1. The van der Waals surface area contributed by atoms with Crippen LogP contribution >= 0.6 is 11.6 Å². The van der Waals surface area contributed by atoms with E-state index >= 15 is 0 Å². The average Bonchev–Trinajstić information content (AvgIpc) is 2.37. The van der Waals surface area contributed by atoms with Gasteiger partial charge in [-0.1, -0.05) is 24.6 Å². The van der Waals surface area contributed by atoms with E-state index in [0.29, 0.717) is 17.3 Å². The molecule has 5 nitrogen and oxygen atoms in total. The van der Waals surface area contributed by atoms with Crippen LogP contribution in [0.25, 0.3) is 0 Å². The molecule has 0 unspecified atom stereocenters. The molecule has 1 amide bonds. The van der Waals surface area contributed by atoms with Crippen LogP contribution in [0.15, 0.2) is 18.2 Å². The summed E-state index contributed by atoms with van der Waals surface area (Å²) in [6, 6.07) is 4.71. The zero-order valence-corrected chi connectivity index (χ0v) is 12.6. The van der Waals surface area contributed by atoms with Crippen LogP contribution in [0.5, 0.6) is 0 Å². The number of likely N-dealkylation sites (N-methyl/N-ethyl adjacent to an activating group) is 1. The number of carboxylic acids is 1. The highest BCUT2D eigenvalue weighted by Gasteiger charge is 2.21. The number of nitrogens with zero attached hydrogens (tertiary/aromatic N) is 2. The zero-order chi connectivity index (χ0) is 15.3. The smallest absolute Gasteiger partial charge is 0.337 e. The summed E-state index contributed by atoms with van der Waals surface area (Å²) in [5.41, 5.74) is 0.510. The number of anilines is 1. The highest BCUT2D eigenvalue weighted by molar-refractivity contribution is 6.34. The van der Waals surface area contributed by atoms with Gasteiger partial charge >= 0.3 is 5.97 Å². The van der Waals surface area contributed by atoms with Crippen LogP contribution in [0.4, 0.5) is 5.69 Å². The highest BCUT2D eigenvalue weighted by atomic mass is 35.5. The van der Waals surface area contributed by atoms with E-state index < -0.39 is 5.97 Å². The second kappa shape index (κ2) is 7.14. The van der Waals surface area contributed by atoms with Crippen LogP contribution in [0.1, 0.15) is 23.7 Å². The fourth-order valence-corrected chi connectivity index (χ4v) is 2.15. The van der Waals surface area contributed by atoms with E-state index in [9.17, 15) is 14.7 Å². The molecule has 6 heteroatoms. The summed E-state index contributed by atoms with van der Waals surface area (Å²) in [4.78, 5) is 26.4. The van der Waals surface area contributed by atoms with E-state index in [1.807, 2.05) is 6.92 Å². The number of para-hydroxylation sites is 1. The number of carbonyl (C=O) groups is 2. The summed E-state index contributed by atoms with van der Waals surface area (Å²) in [5, 5.41) is 9.61. The molecule has 0 aliphatic rings. The lowest BCUT2D eigenvalue weighted by atomic mass is 10.1. The maximum atomic E-state index is 11.9. The number of benzene rings is 1. The van der Waals surface area contributed by atoms with Gasteiger partial charge in [-0.05, 0) is 18.6 Å². The maximum absolute atomic E-state index is 11.9. The molecule has 110 valence electrons. The molecule has 0 saturated heterocycles. The van der Waals surface area contributed by atoms with Crippen molar-refractivity contribution < 1.29 is 14.7 Å². The van der Waals surface area contributed by atoms with Crippen LogP contribution in [0, 0.1) is 0 Å². The summed E-state index contributed by atoms with van der Waals surface area (Å²) in [6.07, 6.45) is 0.783. The summed E-state index contributed by atoms with van der Waals surface area (Å²) in [6.45, 7) is 2.62. The summed E-state index contributed by atoms with van der Waals surface area (Å²) in [5.74, 6) is -1.16. The second-order valence-electron chi connectivity index (χ2n) is 4.65. The van der Waals surface area contributed by atoms with Crippen molar-refractivity contribution in [2.45, 2.75) is 13.3 Å². The Morgan fingerprint density at radius 1 is 1.30 bits per heavy atom. The Kier molecular flexibility index (Phi) is 5.82. The summed E-state index contributed by atoms with van der Waals surface area (Å²) >= 11 is 6.14. The van der Waals surface area contributed by atoms with Gasteiger partial charge in [-0.25, -0.2) is 4.79 Å². The van der Waals surface area contributed by atoms with Gasteiger partial charge in [0.25, 0.3) is 0 Å². The average molecular weight is 299 g/mol. The van der Waals surface area contributed by atoms with Gasteiger partial charge in [-0.3, -0.25) is 4.79 Å². The van der Waals surface area contributed by atoms with Crippen LogP contribution in [0.2, 0.25) is 5.02 Å². The third kappa shape index (κ3) is 3.87. The lowest BCUT2D eigenvalue weighted by Gasteiger charge is -2.27. The number of carbonyl (C=O) groups excluding carboxylic acids is 1. The van der Waals surface area contributed by atoms with E-state index in [-0.39, 0.29) is 18.0 Å². The van der Waals surface area contributed by atoms with Crippen molar-refractivity contribution in [1.82, 2.24) is 4.90 Å². The molecule has 0 aliphatic heterocycles. The first-order valence-corrected chi connectivity index (χ1v) is 6.73. The van der Waals surface area contributed by atoms with E-state index in [1.165, 1.54) is 11.0 Å². The Morgan fingerprint density at radius 3 is 2.45 bits per heavy atom. The monoisotopic (exact) mass is 298 g/mol. The van der Waals surface area contributed by atoms with Crippen molar-refractivity contribution in [1.29, 1.82) is 0 Å². The Balaban J connectivity index is 3.20. The van der Waals surface area contributed by atoms with Crippen LogP contribution in [-0.2, 0) is 4.79 Å². The van der Waals surface area contributed by atoms with E-state index in [4.69, 9.17) is 11.6 Å². The van der Waals surface area contributed by atoms with Crippen molar-refractivity contribution >= 4 is 29.2 Å². The van der Waals surface area contributed by atoms with Crippen LogP contribution in [-0.4, -0.2) is 49.1 Å². The first kappa shape index (κ1) is 16.3. The largest absolute Gasteiger partial charge is 0.478 e. The maximum Gasteiger partial charge on any atom is 0.337 e. The molecule has 1 aromatic carbocycles. The SMILES string of the molecule is CCCN(CC(=O)N(C)C)c1c(Cl)cccc1C(=O)O. The quantitative estimate of drug-likeness (QED) is 0.876. The fourth-order valence-electron chi connectivity index (χ4n) is 1.85. The molecule has 0 aliphatic carbocycles. The number of halogens is 1. The van der Waals surface area contributed by atoms with Crippen molar-refractivity contribution in [3.63, 3.8) is 0 Å². The molecule has 0 atom stereocenters. The van der Waals surface area contributed by atoms with Crippen molar-refractivity contribution in [2.24, 2.45) is 0 Å². The number of amides is 1. The van der Waals surface area contributed by atoms with Gasteiger partial charge in [-0.15, -0.1) is 0 Å². The van der Waals surface area contributed by atoms with E-state index in [2.05, 4.69) is 0 Å². The highest BCUT2D eigenvalue weighted by Crippen LogP contribution is 2.30. The summed E-state index contributed by atoms with van der Waals surface area (Å²) < 4.78 is 0.